The van der Waals surface area contributed by atoms with Crippen molar-refractivity contribution in [3.8, 4) is 0 Å². The van der Waals surface area contributed by atoms with Crippen LogP contribution in [-0.4, -0.2) is 29.6 Å². The molecule has 2 nitrogen and oxygen atoms in total. The smallest absolute Gasteiger partial charge is 0.222 e. The summed E-state index contributed by atoms with van der Waals surface area (Å²) >= 11 is 4.09. The maximum Gasteiger partial charge on any atom is 0.222 e. The fourth-order valence-electron chi connectivity index (χ4n) is 1.64. The number of thiol groups is 1. The molecule has 1 amide bonds. The predicted molar refractivity (Wildman–Crippen MR) is 62.6 cm³/mol. The van der Waals surface area contributed by atoms with Crippen LogP contribution < -0.4 is 0 Å². The summed E-state index contributed by atoms with van der Waals surface area (Å²) in [6.45, 7) is 3.89. The lowest BCUT2D eigenvalue weighted by Gasteiger charge is -2.18. The molecule has 0 radical (unpaired) electrons. The molecule has 0 aromatic carbocycles. The zero-order valence-corrected chi connectivity index (χ0v) is 9.67. The highest BCUT2D eigenvalue weighted by Gasteiger charge is 2.18. The summed E-state index contributed by atoms with van der Waals surface area (Å²) in [5.74, 6) is 1.74. The van der Waals surface area contributed by atoms with Crippen LogP contribution in [0, 0.1) is 5.92 Å². The van der Waals surface area contributed by atoms with E-state index in [2.05, 4.69) is 19.6 Å². The third-order valence-corrected chi connectivity index (χ3v) is 2.90. The van der Waals surface area contributed by atoms with Crippen LogP contribution in [0.1, 0.15) is 26.2 Å². The van der Waals surface area contributed by atoms with Gasteiger partial charge in [-0.05, 0) is 18.8 Å². The molecule has 0 saturated carbocycles. The Morgan fingerprint density at radius 1 is 1.50 bits per heavy atom. The Labute approximate surface area is 91.8 Å². The Hall–Kier alpha value is -0.440. The molecule has 0 N–H and O–H groups in total. The molecule has 0 spiro atoms. The highest BCUT2D eigenvalue weighted by atomic mass is 32.1. The van der Waals surface area contributed by atoms with Crippen LogP contribution >= 0.6 is 12.6 Å². The molecule has 80 valence electrons. The number of likely N-dealkylation sites (tertiary alicyclic amines) is 1. The van der Waals surface area contributed by atoms with Gasteiger partial charge in [0.05, 0.1) is 0 Å². The van der Waals surface area contributed by atoms with E-state index in [0.29, 0.717) is 11.8 Å². The minimum Gasteiger partial charge on any atom is -0.339 e. The molecule has 0 aliphatic carbocycles. The van der Waals surface area contributed by atoms with E-state index in [9.17, 15) is 4.79 Å². The van der Waals surface area contributed by atoms with E-state index in [-0.39, 0.29) is 0 Å². The first kappa shape index (κ1) is 11.6. The summed E-state index contributed by atoms with van der Waals surface area (Å²) in [6.07, 6.45) is 6.92. The largest absolute Gasteiger partial charge is 0.339 e. The normalized spacial score (nSPS) is 24.3. The monoisotopic (exact) mass is 213 g/mol. The molecule has 1 aliphatic heterocycles. The van der Waals surface area contributed by atoms with Crippen molar-refractivity contribution in [1.82, 2.24) is 4.90 Å². The first-order valence-electron chi connectivity index (χ1n) is 5.27. The number of hydrogen-bond acceptors (Lipinski definition) is 2. The zero-order valence-electron chi connectivity index (χ0n) is 8.78. The van der Waals surface area contributed by atoms with Crippen molar-refractivity contribution < 1.29 is 4.79 Å². The van der Waals surface area contributed by atoms with E-state index in [1.807, 2.05) is 17.1 Å². The van der Waals surface area contributed by atoms with Crippen LogP contribution in [0.2, 0.25) is 0 Å². The molecule has 0 aromatic heterocycles. The first-order valence-corrected chi connectivity index (χ1v) is 5.91. The van der Waals surface area contributed by atoms with Gasteiger partial charge in [-0.3, -0.25) is 4.79 Å². The van der Waals surface area contributed by atoms with Gasteiger partial charge in [-0.25, -0.2) is 0 Å². The van der Waals surface area contributed by atoms with Crippen LogP contribution in [0.15, 0.2) is 12.2 Å². The topological polar surface area (TPSA) is 20.3 Å². The molecule has 1 aliphatic rings. The van der Waals surface area contributed by atoms with Crippen LogP contribution in [0.3, 0.4) is 0 Å². The lowest BCUT2D eigenvalue weighted by Crippen LogP contribution is -2.30. The number of carbonyl (C=O) groups is 1. The van der Waals surface area contributed by atoms with E-state index in [0.717, 1.165) is 38.1 Å². The molecule has 0 bridgehead atoms. The average Bonchev–Trinajstić information content (AvgIpc) is 2.33. The third kappa shape index (κ3) is 3.74. The van der Waals surface area contributed by atoms with Crippen molar-refractivity contribution in [1.29, 1.82) is 0 Å². The third-order valence-electron chi connectivity index (χ3n) is 2.69. The van der Waals surface area contributed by atoms with Gasteiger partial charge in [0.15, 0.2) is 0 Å². The van der Waals surface area contributed by atoms with Crippen molar-refractivity contribution in [2.24, 2.45) is 5.92 Å². The fraction of sp³-hybridized carbons (Fsp3) is 0.727. The van der Waals surface area contributed by atoms with Gasteiger partial charge in [-0.2, -0.15) is 12.6 Å². The molecule has 0 aromatic rings. The molecule has 14 heavy (non-hydrogen) atoms. The molecule has 3 heteroatoms. The molecule has 1 saturated heterocycles. The van der Waals surface area contributed by atoms with Gasteiger partial charge < -0.3 is 4.90 Å². The van der Waals surface area contributed by atoms with E-state index in [1.54, 1.807) is 0 Å². The quantitative estimate of drug-likeness (QED) is 0.562. The summed E-state index contributed by atoms with van der Waals surface area (Å²) in [6, 6.07) is 0. The number of nitrogens with zero attached hydrogens (tertiary/aromatic N) is 1. The van der Waals surface area contributed by atoms with Crippen molar-refractivity contribution in [3.63, 3.8) is 0 Å². The molecule has 1 fully saturated rings. The average molecular weight is 213 g/mol. The standard InChI is InChI=1S/C11H19NOS/c1-10-4-5-11(13)12(8-6-10)7-2-3-9-14/h2-3,10,14H,4-9H2,1H3. The van der Waals surface area contributed by atoms with E-state index in [4.69, 9.17) is 0 Å². The van der Waals surface area contributed by atoms with Gasteiger partial charge in [0.1, 0.15) is 0 Å². The minimum atomic E-state index is 0.304. The van der Waals surface area contributed by atoms with Crippen LogP contribution in [-0.2, 0) is 4.79 Å². The maximum absolute atomic E-state index is 11.6. The van der Waals surface area contributed by atoms with Gasteiger partial charge >= 0.3 is 0 Å². The second kappa shape index (κ2) is 6.12. The Balaban J connectivity index is 2.41. The van der Waals surface area contributed by atoms with Crippen LogP contribution in [0.5, 0.6) is 0 Å². The Bertz CT molecular complexity index is 215. The van der Waals surface area contributed by atoms with Gasteiger partial charge in [0, 0.05) is 25.3 Å². The van der Waals surface area contributed by atoms with Crippen molar-refractivity contribution >= 4 is 18.5 Å². The molecular formula is C11H19NOS. The molecular weight excluding hydrogens is 194 g/mol. The number of rotatable bonds is 3. The second-order valence-corrected chi connectivity index (χ2v) is 4.29. The van der Waals surface area contributed by atoms with Crippen LogP contribution in [0.4, 0.5) is 0 Å². The fourth-order valence-corrected chi connectivity index (χ4v) is 1.79. The van der Waals surface area contributed by atoms with Crippen molar-refractivity contribution in [2.75, 3.05) is 18.8 Å². The second-order valence-electron chi connectivity index (χ2n) is 3.93. The summed E-state index contributed by atoms with van der Waals surface area (Å²) in [4.78, 5) is 13.6. The lowest BCUT2D eigenvalue weighted by atomic mass is 10.0. The number of hydrogen-bond donors (Lipinski definition) is 1. The highest BCUT2D eigenvalue weighted by Crippen LogP contribution is 2.17. The maximum atomic E-state index is 11.6. The Kier molecular flexibility index (Phi) is 5.09. The number of amides is 1. The molecule has 1 heterocycles. The molecule has 1 unspecified atom stereocenters. The van der Waals surface area contributed by atoms with E-state index < -0.39 is 0 Å². The lowest BCUT2D eigenvalue weighted by molar-refractivity contribution is -0.130. The first-order chi connectivity index (χ1) is 6.74. The summed E-state index contributed by atoms with van der Waals surface area (Å²) in [5, 5.41) is 0. The van der Waals surface area contributed by atoms with Gasteiger partial charge in [0.2, 0.25) is 5.91 Å². The zero-order chi connectivity index (χ0) is 10.4. The summed E-state index contributed by atoms with van der Waals surface area (Å²) in [7, 11) is 0. The minimum absolute atomic E-state index is 0.304. The summed E-state index contributed by atoms with van der Waals surface area (Å²) in [5.41, 5.74) is 0. The summed E-state index contributed by atoms with van der Waals surface area (Å²) < 4.78 is 0. The van der Waals surface area contributed by atoms with Crippen molar-refractivity contribution in [2.45, 2.75) is 26.2 Å². The van der Waals surface area contributed by atoms with Crippen molar-refractivity contribution in [3.05, 3.63) is 12.2 Å². The van der Waals surface area contributed by atoms with E-state index in [1.165, 1.54) is 0 Å². The van der Waals surface area contributed by atoms with Gasteiger partial charge in [-0.15, -0.1) is 0 Å². The number of carbonyl (C=O) groups excluding carboxylic acids is 1. The Morgan fingerprint density at radius 3 is 3.00 bits per heavy atom. The Morgan fingerprint density at radius 2 is 2.29 bits per heavy atom. The highest BCUT2D eigenvalue weighted by molar-refractivity contribution is 7.80. The van der Waals surface area contributed by atoms with Crippen LogP contribution in [0.25, 0.3) is 0 Å². The SMILES string of the molecule is CC1CCC(=O)N(CC=CCS)CC1. The van der Waals surface area contributed by atoms with E-state index >= 15 is 0 Å². The van der Waals surface area contributed by atoms with Gasteiger partial charge in [0.25, 0.3) is 0 Å². The molecule has 1 atom stereocenters. The molecule has 1 rings (SSSR count). The predicted octanol–water partition coefficient (Wildman–Crippen LogP) is 2.12. The van der Waals surface area contributed by atoms with Gasteiger partial charge in [-0.1, -0.05) is 19.1 Å².